The molecule has 0 spiro atoms. The van der Waals surface area contributed by atoms with E-state index < -0.39 is 46.4 Å². The maximum atomic E-state index is 13.0. The highest BCUT2D eigenvalue weighted by atomic mass is 19.4. The van der Waals surface area contributed by atoms with E-state index in [4.69, 9.17) is 0 Å². The molecule has 0 radical (unpaired) electrons. The Morgan fingerprint density at radius 2 is 1.90 bits per heavy atom. The van der Waals surface area contributed by atoms with Crippen LogP contribution < -0.4 is 5.32 Å². The molecule has 0 aliphatic heterocycles. The van der Waals surface area contributed by atoms with E-state index in [1.54, 1.807) is 12.1 Å². The van der Waals surface area contributed by atoms with E-state index in [9.17, 15) is 32.5 Å². The van der Waals surface area contributed by atoms with E-state index in [2.05, 4.69) is 20.5 Å². The van der Waals surface area contributed by atoms with Crippen molar-refractivity contribution in [2.45, 2.75) is 26.2 Å². The molecule has 3 rings (SSSR count). The van der Waals surface area contributed by atoms with Crippen LogP contribution in [0.1, 0.15) is 17.0 Å². The van der Waals surface area contributed by atoms with Gasteiger partial charge in [0.2, 0.25) is 17.5 Å². The second kappa shape index (κ2) is 7.88. The van der Waals surface area contributed by atoms with Crippen molar-refractivity contribution in [1.29, 1.82) is 0 Å². The minimum Gasteiger partial charge on any atom is -0.292 e. The molecule has 1 amide bonds. The summed E-state index contributed by atoms with van der Waals surface area (Å²) in [6.45, 7) is 0.584. The van der Waals surface area contributed by atoms with Gasteiger partial charge in [0.1, 0.15) is 24.4 Å². The molecule has 0 saturated heterocycles. The molecule has 158 valence electrons. The zero-order valence-electron chi connectivity index (χ0n) is 15.2. The number of nitro groups is 1. The van der Waals surface area contributed by atoms with Crippen LogP contribution in [0, 0.1) is 22.9 Å². The van der Waals surface area contributed by atoms with E-state index in [0.717, 1.165) is 12.5 Å². The molecule has 0 bridgehead atoms. The zero-order valence-corrected chi connectivity index (χ0v) is 15.2. The van der Waals surface area contributed by atoms with Gasteiger partial charge in [0.25, 0.3) is 0 Å². The van der Waals surface area contributed by atoms with Gasteiger partial charge in [-0.1, -0.05) is 12.1 Å². The van der Waals surface area contributed by atoms with Gasteiger partial charge in [0.05, 0.1) is 11.5 Å². The van der Waals surface area contributed by atoms with E-state index in [1.807, 2.05) is 0 Å². The lowest BCUT2D eigenvalue weighted by molar-refractivity contribution is -0.388. The van der Waals surface area contributed by atoms with Crippen LogP contribution in [0.15, 0.2) is 30.6 Å². The summed E-state index contributed by atoms with van der Waals surface area (Å²) in [5.74, 6) is -1.35. The zero-order chi connectivity index (χ0) is 22.1. The average Bonchev–Trinajstić information content (AvgIpc) is 3.21. The normalized spacial score (nSPS) is 11.5. The average molecular weight is 427 g/mol. The molecule has 0 fully saturated rings. The largest absolute Gasteiger partial charge is 0.442 e. The van der Waals surface area contributed by atoms with Crippen molar-refractivity contribution >= 4 is 17.5 Å². The number of alkyl halides is 3. The number of anilines is 1. The lowest BCUT2D eigenvalue weighted by Crippen LogP contribution is -2.21. The first-order valence-electron chi connectivity index (χ1n) is 8.27. The number of amides is 1. The molecular formula is C16H13F4N7O3. The Hall–Kier alpha value is -3.84. The second-order valence-electron chi connectivity index (χ2n) is 6.14. The fourth-order valence-electron chi connectivity index (χ4n) is 2.61. The second-order valence-corrected chi connectivity index (χ2v) is 6.14. The minimum atomic E-state index is -5.05. The van der Waals surface area contributed by atoms with Crippen molar-refractivity contribution in [2.24, 2.45) is 0 Å². The molecule has 3 aromatic rings. The van der Waals surface area contributed by atoms with Crippen molar-refractivity contribution in [3.05, 3.63) is 63.5 Å². The molecule has 14 heteroatoms. The standard InChI is InChI=1S/C16H13F4N7O3/c1-9-13(27(29)30)14(16(18,19)20)23-26(9)7-12(28)22-15-21-8-25(24-15)6-10-2-4-11(17)5-3-10/h2-5,8H,6-7H2,1H3,(H,22,24,28). The Kier molecular flexibility index (Phi) is 5.49. The molecule has 2 aromatic heterocycles. The van der Waals surface area contributed by atoms with Gasteiger partial charge >= 0.3 is 11.9 Å². The third-order valence-electron chi connectivity index (χ3n) is 3.96. The maximum absolute atomic E-state index is 13.0. The van der Waals surface area contributed by atoms with Gasteiger partial charge in [0.15, 0.2) is 0 Å². The molecule has 0 aliphatic rings. The molecule has 0 atom stereocenters. The van der Waals surface area contributed by atoms with Gasteiger partial charge in [0, 0.05) is 0 Å². The van der Waals surface area contributed by atoms with Gasteiger partial charge in [-0.2, -0.15) is 18.3 Å². The van der Waals surface area contributed by atoms with Gasteiger partial charge in [-0.3, -0.25) is 24.9 Å². The molecule has 30 heavy (non-hydrogen) atoms. The van der Waals surface area contributed by atoms with Crippen molar-refractivity contribution in [3.63, 3.8) is 0 Å². The van der Waals surface area contributed by atoms with E-state index in [-0.39, 0.29) is 12.5 Å². The summed E-state index contributed by atoms with van der Waals surface area (Å²) >= 11 is 0. The molecule has 0 unspecified atom stereocenters. The Bertz CT molecular complexity index is 1090. The van der Waals surface area contributed by atoms with Gasteiger partial charge in [-0.05, 0) is 24.6 Å². The summed E-state index contributed by atoms with van der Waals surface area (Å²) in [5.41, 5.74) is -2.59. The summed E-state index contributed by atoms with van der Waals surface area (Å²) in [4.78, 5) is 25.7. The predicted molar refractivity (Wildman–Crippen MR) is 92.8 cm³/mol. The first kappa shape index (κ1) is 20.9. The van der Waals surface area contributed by atoms with Crippen LogP contribution in [0.3, 0.4) is 0 Å². The molecule has 1 N–H and O–H groups in total. The van der Waals surface area contributed by atoms with Gasteiger partial charge < -0.3 is 0 Å². The number of hydrogen-bond donors (Lipinski definition) is 1. The lowest BCUT2D eigenvalue weighted by atomic mass is 10.2. The molecule has 1 aromatic carbocycles. The monoisotopic (exact) mass is 427 g/mol. The number of nitrogens with one attached hydrogen (secondary N) is 1. The fourth-order valence-corrected chi connectivity index (χ4v) is 2.61. The number of benzene rings is 1. The van der Waals surface area contributed by atoms with Crippen LogP contribution in [0.4, 0.5) is 29.2 Å². The topological polar surface area (TPSA) is 121 Å². The van der Waals surface area contributed by atoms with Crippen LogP contribution in [0.25, 0.3) is 0 Å². The highest BCUT2D eigenvalue weighted by Crippen LogP contribution is 2.36. The van der Waals surface area contributed by atoms with Gasteiger partial charge in [-0.25, -0.2) is 14.1 Å². The van der Waals surface area contributed by atoms with Crippen molar-refractivity contribution in [2.75, 3.05) is 5.32 Å². The quantitative estimate of drug-likeness (QED) is 0.367. The summed E-state index contributed by atoms with van der Waals surface area (Å²) in [5, 5.41) is 20.4. The minimum absolute atomic E-state index is 0.127. The summed E-state index contributed by atoms with van der Waals surface area (Å²) in [6.07, 6.45) is -3.75. The Morgan fingerprint density at radius 1 is 1.23 bits per heavy atom. The number of hydrogen-bond acceptors (Lipinski definition) is 6. The number of halogens is 4. The summed E-state index contributed by atoms with van der Waals surface area (Å²) in [7, 11) is 0. The van der Waals surface area contributed by atoms with Crippen LogP contribution in [-0.4, -0.2) is 35.4 Å². The molecule has 0 aliphatic carbocycles. The van der Waals surface area contributed by atoms with Crippen molar-refractivity contribution < 1.29 is 27.3 Å². The van der Waals surface area contributed by atoms with Crippen LogP contribution in [-0.2, 0) is 24.1 Å². The number of rotatable bonds is 6. The molecule has 10 nitrogen and oxygen atoms in total. The number of aromatic nitrogens is 5. The molecule has 0 saturated carbocycles. The first-order valence-corrected chi connectivity index (χ1v) is 8.27. The Morgan fingerprint density at radius 3 is 2.47 bits per heavy atom. The van der Waals surface area contributed by atoms with Crippen LogP contribution in [0.2, 0.25) is 0 Å². The number of carbonyl (C=O) groups is 1. The van der Waals surface area contributed by atoms with Crippen LogP contribution in [0.5, 0.6) is 0 Å². The lowest BCUT2D eigenvalue weighted by Gasteiger charge is -2.04. The predicted octanol–water partition coefficient (Wildman–Crippen LogP) is 2.54. The summed E-state index contributed by atoms with van der Waals surface area (Å²) in [6, 6.07) is 5.63. The third kappa shape index (κ3) is 4.59. The molecular weight excluding hydrogens is 414 g/mol. The number of carbonyl (C=O) groups excluding carboxylic acids is 1. The first-order chi connectivity index (χ1) is 14.0. The Labute approximate surface area is 165 Å². The van der Waals surface area contributed by atoms with Gasteiger partial charge in [-0.15, -0.1) is 5.10 Å². The smallest absolute Gasteiger partial charge is 0.292 e. The highest BCUT2D eigenvalue weighted by Gasteiger charge is 2.44. The Balaban J connectivity index is 1.70. The van der Waals surface area contributed by atoms with E-state index in [0.29, 0.717) is 4.68 Å². The fraction of sp³-hybridized carbons (Fsp3) is 0.250. The highest BCUT2D eigenvalue weighted by molar-refractivity contribution is 5.88. The van der Waals surface area contributed by atoms with E-state index in [1.165, 1.54) is 23.1 Å². The van der Waals surface area contributed by atoms with E-state index >= 15 is 0 Å². The molecule has 2 heterocycles. The maximum Gasteiger partial charge on any atom is 0.442 e. The van der Waals surface area contributed by atoms with Crippen molar-refractivity contribution in [1.82, 2.24) is 24.5 Å². The van der Waals surface area contributed by atoms with Crippen molar-refractivity contribution in [3.8, 4) is 0 Å². The third-order valence-corrected chi connectivity index (χ3v) is 3.96. The SMILES string of the molecule is Cc1c([N+](=O)[O-])c(C(F)(F)F)nn1CC(=O)Nc1ncn(Cc2ccc(F)cc2)n1. The van der Waals surface area contributed by atoms with Crippen LogP contribution >= 0.6 is 0 Å². The summed E-state index contributed by atoms with van der Waals surface area (Å²) < 4.78 is 53.8. The number of nitrogens with zero attached hydrogens (tertiary/aromatic N) is 6.